The first-order valence-corrected chi connectivity index (χ1v) is 10.1. The van der Waals surface area contributed by atoms with Gasteiger partial charge in [-0.2, -0.15) is 0 Å². The van der Waals surface area contributed by atoms with Crippen LogP contribution in [0.2, 0.25) is 0 Å². The molecule has 1 aliphatic rings. The lowest BCUT2D eigenvalue weighted by Gasteiger charge is -2.41. The molecule has 0 aromatic carbocycles. The van der Waals surface area contributed by atoms with Crippen LogP contribution >= 0.6 is 0 Å². The third-order valence-electron chi connectivity index (χ3n) is 5.78. The van der Waals surface area contributed by atoms with E-state index in [9.17, 15) is 15.0 Å². The maximum atomic E-state index is 11.0. The van der Waals surface area contributed by atoms with E-state index in [1.54, 1.807) is 0 Å². The summed E-state index contributed by atoms with van der Waals surface area (Å²) in [5.74, 6) is -0.333. The minimum Gasteiger partial charge on any atom is -0.469 e. The Morgan fingerprint density at radius 3 is 2.36 bits per heavy atom. The van der Waals surface area contributed by atoms with E-state index in [4.69, 9.17) is 0 Å². The average Bonchev–Trinajstić information content (AvgIpc) is 2.59. The van der Waals surface area contributed by atoms with E-state index in [0.29, 0.717) is 12.5 Å². The van der Waals surface area contributed by atoms with Crippen molar-refractivity contribution in [3.8, 4) is 0 Å². The second-order valence-electron chi connectivity index (χ2n) is 7.69. The smallest absolute Gasteiger partial charge is 0.308 e. The molecule has 0 unspecified atom stereocenters. The van der Waals surface area contributed by atoms with Crippen LogP contribution < -0.4 is 0 Å². The molecule has 0 aromatic heterocycles. The lowest BCUT2D eigenvalue weighted by atomic mass is 9.91. The standard InChI is InChI=1S/C20H39NO4/c1-16-19(23)14-13-17(21(16)2)11-9-7-5-4-6-8-10-12-18(22)15-20(24)25-3/h16-19,22-23H,4-15H2,1-3H3/t16-,17+,18+,19-/m0/s1. The molecule has 1 aliphatic heterocycles. The van der Waals surface area contributed by atoms with E-state index >= 15 is 0 Å². The molecule has 1 heterocycles. The Hall–Kier alpha value is -0.650. The summed E-state index contributed by atoms with van der Waals surface area (Å²) in [7, 11) is 3.50. The van der Waals surface area contributed by atoms with Crippen molar-refractivity contribution >= 4 is 5.97 Å². The van der Waals surface area contributed by atoms with Crippen molar-refractivity contribution in [2.75, 3.05) is 14.2 Å². The molecular weight excluding hydrogens is 318 g/mol. The predicted octanol–water partition coefficient (Wildman–Crippen LogP) is 3.26. The molecule has 0 aromatic rings. The van der Waals surface area contributed by atoms with Gasteiger partial charge >= 0.3 is 5.97 Å². The summed E-state index contributed by atoms with van der Waals surface area (Å²) in [6.07, 6.45) is 11.8. The zero-order valence-electron chi connectivity index (χ0n) is 16.5. The molecule has 0 radical (unpaired) electrons. The fourth-order valence-electron chi connectivity index (χ4n) is 3.78. The number of aliphatic hydroxyl groups is 2. The van der Waals surface area contributed by atoms with E-state index in [1.165, 1.54) is 45.6 Å². The van der Waals surface area contributed by atoms with Gasteiger partial charge in [-0.15, -0.1) is 0 Å². The largest absolute Gasteiger partial charge is 0.469 e. The number of piperidine rings is 1. The number of rotatable bonds is 12. The molecule has 5 nitrogen and oxygen atoms in total. The summed E-state index contributed by atoms with van der Waals surface area (Å²) in [4.78, 5) is 13.4. The van der Waals surface area contributed by atoms with Crippen LogP contribution in [0, 0.1) is 0 Å². The number of nitrogens with zero attached hydrogens (tertiary/aromatic N) is 1. The SMILES string of the molecule is COC(=O)C[C@H](O)CCCCCCCCC[C@@H]1CC[C@H](O)[C@H](C)N1C. The minimum atomic E-state index is -0.555. The Balaban J connectivity index is 1.93. The van der Waals surface area contributed by atoms with Gasteiger partial charge in [0.15, 0.2) is 0 Å². The van der Waals surface area contributed by atoms with Crippen molar-refractivity contribution in [1.29, 1.82) is 0 Å². The molecule has 4 atom stereocenters. The van der Waals surface area contributed by atoms with Gasteiger partial charge in [-0.05, 0) is 39.7 Å². The van der Waals surface area contributed by atoms with Crippen LogP contribution in [-0.4, -0.2) is 59.5 Å². The molecule has 0 saturated carbocycles. The molecule has 0 bridgehead atoms. The first-order chi connectivity index (χ1) is 12.0. The third-order valence-corrected chi connectivity index (χ3v) is 5.78. The molecule has 0 spiro atoms. The zero-order chi connectivity index (χ0) is 18.7. The maximum absolute atomic E-state index is 11.0. The van der Waals surface area contributed by atoms with Gasteiger partial charge in [-0.3, -0.25) is 9.69 Å². The predicted molar refractivity (Wildman–Crippen MR) is 100 cm³/mol. The Morgan fingerprint density at radius 1 is 1.12 bits per heavy atom. The lowest BCUT2D eigenvalue weighted by molar-refractivity contribution is -0.142. The number of likely N-dealkylation sites (tertiary alicyclic amines) is 1. The number of hydrogen-bond acceptors (Lipinski definition) is 5. The minimum absolute atomic E-state index is 0.113. The van der Waals surface area contributed by atoms with Crippen LogP contribution in [-0.2, 0) is 9.53 Å². The maximum Gasteiger partial charge on any atom is 0.308 e. The van der Waals surface area contributed by atoms with E-state index in [1.807, 2.05) is 0 Å². The van der Waals surface area contributed by atoms with Crippen LogP contribution in [0.25, 0.3) is 0 Å². The number of carbonyl (C=O) groups is 1. The number of aliphatic hydroxyl groups excluding tert-OH is 2. The van der Waals surface area contributed by atoms with Gasteiger partial charge in [-0.1, -0.05) is 44.9 Å². The molecule has 5 heteroatoms. The summed E-state index contributed by atoms with van der Waals surface area (Å²) in [6.45, 7) is 2.12. The molecule has 2 N–H and O–H groups in total. The summed E-state index contributed by atoms with van der Waals surface area (Å²) in [6, 6.07) is 0.919. The first kappa shape index (κ1) is 22.4. The Labute approximate surface area is 153 Å². The summed E-state index contributed by atoms with van der Waals surface area (Å²) >= 11 is 0. The van der Waals surface area contributed by atoms with Gasteiger partial charge < -0.3 is 14.9 Å². The number of carbonyl (C=O) groups excluding carboxylic acids is 1. The van der Waals surface area contributed by atoms with Crippen molar-refractivity contribution < 1.29 is 19.7 Å². The second-order valence-corrected chi connectivity index (χ2v) is 7.69. The highest BCUT2D eigenvalue weighted by Gasteiger charge is 2.30. The molecule has 1 saturated heterocycles. The topological polar surface area (TPSA) is 70.0 Å². The quantitative estimate of drug-likeness (QED) is 0.414. The molecule has 0 amide bonds. The van der Waals surface area contributed by atoms with E-state index in [0.717, 1.165) is 25.7 Å². The van der Waals surface area contributed by atoms with Gasteiger partial charge in [0, 0.05) is 12.1 Å². The molecule has 25 heavy (non-hydrogen) atoms. The van der Waals surface area contributed by atoms with Crippen LogP contribution in [0.15, 0.2) is 0 Å². The van der Waals surface area contributed by atoms with Crippen molar-refractivity contribution in [1.82, 2.24) is 4.90 Å². The zero-order valence-corrected chi connectivity index (χ0v) is 16.5. The molecule has 1 rings (SSSR count). The van der Waals surface area contributed by atoms with Crippen molar-refractivity contribution in [3.05, 3.63) is 0 Å². The highest BCUT2D eigenvalue weighted by Crippen LogP contribution is 2.25. The number of hydrogen-bond donors (Lipinski definition) is 2. The van der Waals surface area contributed by atoms with E-state index in [2.05, 4.69) is 23.6 Å². The highest BCUT2D eigenvalue weighted by molar-refractivity contribution is 5.69. The Bertz CT molecular complexity index is 364. The third kappa shape index (κ3) is 9.02. The highest BCUT2D eigenvalue weighted by atomic mass is 16.5. The summed E-state index contributed by atoms with van der Waals surface area (Å²) in [5, 5.41) is 19.6. The fourth-order valence-corrected chi connectivity index (χ4v) is 3.78. The normalized spacial score (nSPS) is 25.7. The first-order valence-electron chi connectivity index (χ1n) is 10.1. The number of methoxy groups -OCH3 is 1. The van der Waals surface area contributed by atoms with E-state index < -0.39 is 6.10 Å². The molecular formula is C20H39NO4. The van der Waals surface area contributed by atoms with Gasteiger partial charge in [0.25, 0.3) is 0 Å². The number of esters is 1. The van der Waals surface area contributed by atoms with E-state index in [-0.39, 0.29) is 24.5 Å². The van der Waals surface area contributed by atoms with Gasteiger partial charge in [-0.25, -0.2) is 0 Å². The second kappa shape index (κ2) is 12.7. The van der Waals surface area contributed by atoms with Crippen molar-refractivity contribution in [3.63, 3.8) is 0 Å². The van der Waals surface area contributed by atoms with Crippen molar-refractivity contribution in [2.24, 2.45) is 0 Å². The monoisotopic (exact) mass is 357 g/mol. The van der Waals surface area contributed by atoms with Crippen LogP contribution in [0.5, 0.6) is 0 Å². The summed E-state index contributed by atoms with van der Waals surface area (Å²) < 4.78 is 4.55. The summed E-state index contributed by atoms with van der Waals surface area (Å²) in [5.41, 5.74) is 0. The molecule has 0 aliphatic carbocycles. The molecule has 148 valence electrons. The van der Waals surface area contributed by atoms with Gasteiger partial charge in [0.2, 0.25) is 0 Å². The molecule has 1 fully saturated rings. The fraction of sp³-hybridized carbons (Fsp3) is 0.950. The van der Waals surface area contributed by atoms with Crippen molar-refractivity contribution in [2.45, 2.75) is 108 Å². The Kier molecular flexibility index (Phi) is 11.3. The van der Waals surface area contributed by atoms with Crippen LogP contribution in [0.4, 0.5) is 0 Å². The number of likely N-dealkylation sites (N-methyl/N-ethyl adjacent to an activating group) is 1. The number of ether oxygens (including phenoxy) is 1. The average molecular weight is 358 g/mol. The Morgan fingerprint density at radius 2 is 1.72 bits per heavy atom. The van der Waals surface area contributed by atoms with Crippen LogP contribution in [0.1, 0.15) is 84.0 Å². The number of unbranched alkanes of at least 4 members (excludes halogenated alkanes) is 6. The van der Waals surface area contributed by atoms with Crippen LogP contribution in [0.3, 0.4) is 0 Å². The lowest BCUT2D eigenvalue weighted by Crippen LogP contribution is -2.49. The van der Waals surface area contributed by atoms with Gasteiger partial charge in [0.05, 0.1) is 25.7 Å². The van der Waals surface area contributed by atoms with Gasteiger partial charge in [0.1, 0.15) is 0 Å².